The molecule has 0 saturated carbocycles. The average Bonchev–Trinajstić information content (AvgIpc) is 2.93. The van der Waals surface area contributed by atoms with E-state index in [0.29, 0.717) is 5.69 Å². The molecule has 0 atom stereocenters. The smallest absolute Gasteiger partial charge is 0.275 e. The zero-order valence-corrected chi connectivity index (χ0v) is 11.8. The molecule has 0 spiro atoms. The Morgan fingerprint density at radius 2 is 1.91 bits per heavy atom. The van der Waals surface area contributed by atoms with E-state index >= 15 is 0 Å². The number of aromatic nitrogens is 2. The topological polar surface area (TPSA) is 44.9 Å². The van der Waals surface area contributed by atoms with E-state index in [4.69, 9.17) is 5.26 Å². The van der Waals surface area contributed by atoms with Crippen LogP contribution in [0.15, 0.2) is 42.6 Å². The molecule has 1 heterocycles. The van der Waals surface area contributed by atoms with Crippen molar-refractivity contribution < 1.29 is 13.2 Å². The first kappa shape index (κ1) is 16.0. The molecule has 0 amide bonds. The van der Waals surface area contributed by atoms with Crippen molar-refractivity contribution in [2.45, 2.75) is 19.3 Å². The van der Waals surface area contributed by atoms with Crippen molar-refractivity contribution in [1.82, 2.24) is 14.7 Å². The Bertz CT molecular complexity index is 628. The van der Waals surface area contributed by atoms with Crippen LogP contribution in [0.2, 0.25) is 0 Å². The van der Waals surface area contributed by atoms with Crippen LogP contribution in [0.1, 0.15) is 6.42 Å². The molecule has 116 valence electrons. The summed E-state index contributed by atoms with van der Waals surface area (Å²) in [7, 11) is 0. The monoisotopic (exact) mass is 308 g/mol. The van der Waals surface area contributed by atoms with E-state index in [-0.39, 0.29) is 19.6 Å². The number of rotatable bonds is 6. The molecule has 0 aliphatic heterocycles. The summed E-state index contributed by atoms with van der Waals surface area (Å²) in [4.78, 5) is 1.16. The van der Waals surface area contributed by atoms with Crippen LogP contribution in [0.25, 0.3) is 11.3 Å². The summed E-state index contributed by atoms with van der Waals surface area (Å²) in [6.07, 6.45) is -2.62. The predicted molar refractivity (Wildman–Crippen MR) is 75.5 cm³/mol. The number of alkyl halides is 3. The summed E-state index contributed by atoms with van der Waals surface area (Å²) in [6, 6.07) is 13.0. The highest BCUT2D eigenvalue weighted by Gasteiger charge is 2.30. The number of hydrogen-bond acceptors (Lipinski definition) is 3. The van der Waals surface area contributed by atoms with E-state index in [1.165, 1.54) is 4.68 Å². The molecule has 0 fully saturated rings. The number of benzene rings is 1. The lowest BCUT2D eigenvalue weighted by molar-refractivity contribution is -0.149. The van der Waals surface area contributed by atoms with Crippen LogP contribution >= 0.6 is 0 Å². The highest BCUT2D eigenvalue weighted by Crippen LogP contribution is 2.19. The minimum absolute atomic E-state index is 0.00593. The Labute approximate surface area is 126 Å². The Balaban J connectivity index is 2.07. The van der Waals surface area contributed by atoms with Crippen molar-refractivity contribution in [3.63, 3.8) is 0 Å². The van der Waals surface area contributed by atoms with Gasteiger partial charge in [0.1, 0.15) is 0 Å². The van der Waals surface area contributed by atoms with Crippen molar-refractivity contribution in [3.8, 4) is 17.3 Å². The van der Waals surface area contributed by atoms with Gasteiger partial charge in [0.2, 0.25) is 0 Å². The van der Waals surface area contributed by atoms with Crippen LogP contribution in [-0.4, -0.2) is 33.9 Å². The minimum atomic E-state index is -4.30. The summed E-state index contributed by atoms with van der Waals surface area (Å²) in [5, 5.41) is 12.8. The normalized spacial score (nSPS) is 11.6. The molecule has 22 heavy (non-hydrogen) atoms. The lowest BCUT2D eigenvalue weighted by Crippen LogP contribution is -2.36. The Hall–Kier alpha value is -2.33. The summed E-state index contributed by atoms with van der Waals surface area (Å²) in [5.41, 5.74) is 1.61. The summed E-state index contributed by atoms with van der Waals surface area (Å²) >= 11 is 0. The quantitative estimate of drug-likeness (QED) is 0.822. The molecule has 2 aromatic rings. The van der Waals surface area contributed by atoms with Gasteiger partial charge in [-0.1, -0.05) is 30.3 Å². The van der Waals surface area contributed by atoms with E-state index in [2.05, 4.69) is 5.10 Å². The van der Waals surface area contributed by atoms with Gasteiger partial charge in [-0.25, -0.2) is 0 Å². The second-order valence-corrected chi connectivity index (χ2v) is 4.82. The molecule has 0 aliphatic rings. The molecular weight excluding hydrogens is 293 g/mol. The SMILES string of the molecule is N#CCCN(Cn1ccc(-c2ccccc2)n1)CC(F)(F)F. The van der Waals surface area contributed by atoms with Gasteiger partial charge in [-0.05, 0) is 6.07 Å². The van der Waals surface area contributed by atoms with E-state index in [9.17, 15) is 13.2 Å². The summed E-state index contributed by atoms with van der Waals surface area (Å²) in [6.45, 7) is -1.01. The Morgan fingerprint density at radius 3 is 2.55 bits per heavy atom. The number of hydrogen-bond donors (Lipinski definition) is 0. The van der Waals surface area contributed by atoms with Gasteiger partial charge < -0.3 is 0 Å². The van der Waals surface area contributed by atoms with Crippen molar-refractivity contribution >= 4 is 0 Å². The maximum absolute atomic E-state index is 12.6. The van der Waals surface area contributed by atoms with Gasteiger partial charge in [0.15, 0.2) is 0 Å². The molecule has 0 aliphatic carbocycles. The molecule has 0 bridgehead atoms. The molecule has 0 N–H and O–H groups in total. The third-order valence-corrected chi connectivity index (χ3v) is 3.00. The van der Waals surface area contributed by atoms with E-state index in [1.54, 1.807) is 12.3 Å². The second kappa shape index (κ2) is 7.09. The highest BCUT2D eigenvalue weighted by molar-refractivity contribution is 5.57. The van der Waals surface area contributed by atoms with Crippen molar-refractivity contribution in [2.24, 2.45) is 0 Å². The zero-order valence-electron chi connectivity index (χ0n) is 11.8. The molecule has 1 aromatic heterocycles. The third kappa shape index (κ3) is 4.90. The summed E-state index contributed by atoms with van der Waals surface area (Å²) < 4.78 is 39.1. The van der Waals surface area contributed by atoms with Gasteiger partial charge in [0.25, 0.3) is 0 Å². The van der Waals surface area contributed by atoms with Gasteiger partial charge in [-0.2, -0.15) is 23.5 Å². The first-order valence-corrected chi connectivity index (χ1v) is 6.73. The fourth-order valence-electron chi connectivity index (χ4n) is 2.07. The minimum Gasteiger partial charge on any atom is -0.275 e. The first-order valence-electron chi connectivity index (χ1n) is 6.73. The van der Waals surface area contributed by atoms with Crippen LogP contribution in [0.5, 0.6) is 0 Å². The lowest BCUT2D eigenvalue weighted by atomic mass is 10.2. The predicted octanol–water partition coefficient (Wildman–Crippen LogP) is 3.29. The fraction of sp³-hybridized carbons (Fsp3) is 0.333. The molecular formula is C15H15F3N4. The van der Waals surface area contributed by atoms with E-state index in [1.807, 2.05) is 36.4 Å². The van der Waals surface area contributed by atoms with Gasteiger partial charge in [0.05, 0.1) is 25.0 Å². The molecule has 0 saturated heterocycles. The highest BCUT2D eigenvalue weighted by atomic mass is 19.4. The van der Waals surface area contributed by atoms with Crippen LogP contribution in [0.4, 0.5) is 13.2 Å². The number of nitriles is 1. The van der Waals surface area contributed by atoms with Crippen LogP contribution in [0, 0.1) is 11.3 Å². The maximum Gasteiger partial charge on any atom is 0.401 e. The van der Waals surface area contributed by atoms with Gasteiger partial charge in [-0.15, -0.1) is 0 Å². The maximum atomic E-state index is 12.6. The first-order chi connectivity index (χ1) is 10.5. The number of nitrogens with zero attached hydrogens (tertiary/aromatic N) is 4. The largest absolute Gasteiger partial charge is 0.401 e. The average molecular weight is 308 g/mol. The molecule has 0 unspecified atom stereocenters. The van der Waals surface area contributed by atoms with E-state index in [0.717, 1.165) is 10.5 Å². The number of halogens is 3. The molecule has 4 nitrogen and oxygen atoms in total. The second-order valence-electron chi connectivity index (χ2n) is 4.82. The Kier molecular flexibility index (Phi) is 5.17. The van der Waals surface area contributed by atoms with Crippen molar-refractivity contribution in [3.05, 3.63) is 42.6 Å². The standard InChI is InChI=1S/C15H15F3N4/c16-15(17,18)11-21(9-4-8-19)12-22-10-7-14(20-22)13-5-2-1-3-6-13/h1-3,5-7,10H,4,9,11-12H2. The fourth-order valence-corrected chi connectivity index (χ4v) is 2.07. The van der Waals surface area contributed by atoms with Crippen LogP contribution < -0.4 is 0 Å². The Morgan fingerprint density at radius 1 is 1.18 bits per heavy atom. The van der Waals surface area contributed by atoms with Gasteiger partial charge >= 0.3 is 6.18 Å². The molecule has 1 aromatic carbocycles. The van der Waals surface area contributed by atoms with E-state index < -0.39 is 12.7 Å². The zero-order chi connectivity index (χ0) is 16.0. The molecule has 7 heteroatoms. The van der Waals surface area contributed by atoms with Gasteiger partial charge in [-0.3, -0.25) is 9.58 Å². The molecule has 0 radical (unpaired) electrons. The summed E-state index contributed by atoms with van der Waals surface area (Å²) in [5.74, 6) is 0. The lowest BCUT2D eigenvalue weighted by Gasteiger charge is -2.22. The van der Waals surface area contributed by atoms with Crippen molar-refractivity contribution in [1.29, 1.82) is 5.26 Å². The van der Waals surface area contributed by atoms with Gasteiger partial charge in [0, 0.05) is 24.7 Å². The van der Waals surface area contributed by atoms with Crippen molar-refractivity contribution in [2.75, 3.05) is 13.1 Å². The third-order valence-electron chi connectivity index (χ3n) is 3.00. The van der Waals surface area contributed by atoms with Crippen LogP contribution in [0.3, 0.4) is 0 Å². The van der Waals surface area contributed by atoms with Crippen LogP contribution in [-0.2, 0) is 6.67 Å². The molecule has 2 rings (SSSR count).